The summed E-state index contributed by atoms with van der Waals surface area (Å²) in [6.07, 6.45) is 4.83. The number of carbonyl (C=O) groups excluding carboxylic acids is 2. The Morgan fingerprint density at radius 3 is 2.56 bits per heavy atom. The van der Waals surface area contributed by atoms with Crippen LogP contribution >= 0.6 is 46.4 Å². The minimum absolute atomic E-state index is 0.0309. The second kappa shape index (κ2) is 12.7. The van der Waals surface area contributed by atoms with Crippen molar-refractivity contribution in [1.82, 2.24) is 15.5 Å². The van der Waals surface area contributed by atoms with E-state index in [1.165, 1.54) is 0 Å². The summed E-state index contributed by atoms with van der Waals surface area (Å²) in [7, 11) is 0. The fraction of sp³-hybridized carbons (Fsp3) is 0.462. The van der Waals surface area contributed by atoms with Crippen molar-refractivity contribution in [3.63, 3.8) is 0 Å². The van der Waals surface area contributed by atoms with Crippen LogP contribution in [0, 0.1) is 5.92 Å². The fourth-order valence-electron chi connectivity index (χ4n) is 4.67. The molecule has 4 rings (SSSR count). The van der Waals surface area contributed by atoms with Gasteiger partial charge in [-0.05, 0) is 74.0 Å². The summed E-state index contributed by atoms with van der Waals surface area (Å²) in [5.74, 6) is 0.390. The lowest BCUT2D eigenvalue weighted by Crippen LogP contribution is -2.39. The molecule has 36 heavy (non-hydrogen) atoms. The number of urea groups is 1. The molecule has 10 heteroatoms. The van der Waals surface area contributed by atoms with Crippen LogP contribution in [-0.4, -0.2) is 49.1 Å². The summed E-state index contributed by atoms with van der Waals surface area (Å²) in [4.78, 5) is 27.1. The van der Waals surface area contributed by atoms with Crippen molar-refractivity contribution in [2.45, 2.75) is 44.1 Å². The van der Waals surface area contributed by atoms with Gasteiger partial charge in [0.1, 0.15) is 0 Å². The first-order valence-corrected chi connectivity index (χ1v) is 13.8. The molecule has 3 atom stereocenters. The number of anilines is 1. The van der Waals surface area contributed by atoms with E-state index in [0.717, 1.165) is 57.3 Å². The lowest BCUT2D eigenvalue weighted by molar-refractivity contribution is -0.122. The number of carbonyl (C=O) groups is 2. The molecule has 6 nitrogen and oxygen atoms in total. The Bertz CT molecular complexity index is 1100. The molecule has 2 fully saturated rings. The van der Waals surface area contributed by atoms with E-state index < -0.39 is 0 Å². The number of hydrogen-bond donors (Lipinski definition) is 3. The van der Waals surface area contributed by atoms with E-state index in [-0.39, 0.29) is 29.8 Å². The molecule has 2 aromatic carbocycles. The van der Waals surface area contributed by atoms with E-state index in [2.05, 4.69) is 20.9 Å². The summed E-state index contributed by atoms with van der Waals surface area (Å²) in [6.45, 7) is 3.46. The van der Waals surface area contributed by atoms with Gasteiger partial charge in [-0.1, -0.05) is 58.9 Å². The molecule has 0 aromatic heterocycles. The van der Waals surface area contributed by atoms with Crippen LogP contribution in [0.1, 0.15) is 43.6 Å². The van der Waals surface area contributed by atoms with E-state index >= 15 is 0 Å². The monoisotopic (exact) mass is 570 g/mol. The Balaban J connectivity index is 1.06. The Morgan fingerprint density at radius 1 is 0.944 bits per heavy atom. The zero-order valence-corrected chi connectivity index (χ0v) is 22.9. The third-order valence-corrected chi connectivity index (χ3v) is 8.04. The van der Waals surface area contributed by atoms with E-state index in [0.29, 0.717) is 32.3 Å². The molecule has 0 unspecified atom stereocenters. The summed E-state index contributed by atoms with van der Waals surface area (Å²) in [5, 5.41) is 10.9. The van der Waals surface area contributed by atoms with Crippen LogP contribution in [0.5, 0.6) is 0 Å². The Kier molecular flexibility index (Phi) is 9.65. The average molecular weight is 572 g/mol. The Morgan fingerprint density at radius 2 is 1.75 bits per heavy atom. The Labute approximate surface area is 232 Å². The molecule has 3 N–H and O–H groups in total. The Hall–Kier alpha value is -1.70. The first-order valence-electron chi connectivity index (χ1n) is 12.3. The highest BCUT2D eigenvalue weighted by Crippen LogP contribution is 2.48. The number of likely N-dealkylation sites (tertiary alicyclic amines) is 1. The van der Waals surface area contributed by atoms with Gasteiger partial charge in [-0.3, -0.25) is 4.79 Å². The van der Waals surface area contributed by atoms with Crippen LogP contribution in [0.25, 0.3) is 0 Å². The molecular formula is C26H30Cl4N4O2. The van der Waals surface area contributed by atoms with Gasteiger partial charge in [-0.2, -0.15) is 0 Å². The highest BCUT2D eigenvalue weighted by atomic mass is 35.5. The first-order chi connectivity index (χ1) is 17.3. The van der Waals surface area contributed by atoms with E-state index in [9.17, 15) is 9.59 Å². The van der Waals surface area contributed by atoms with Crippen LogP contribution in [-0.2, 0) is 4.79 Å². The van der Waals surface area contributed by atoms with E-state index in [1.807, 2.05) is 12.1 Å². The molecule has 0 spiro atoms. The smallest absolute Gasteiger partial charge is 0.319 e. The number of rotatable bonds is 10. The normalized spacial score (nSPS) is 21.3. The largest absolute Gasteiger partial charge is 0.356 e. The number of hydrogen-bond acceptors (Lipinski definition) is 3. The average Bonchev–Trinajstić information content (AvgIpc) is 3.53. The predicted molar refractivity (Wildman–Crippen MR) is 148 cm³/mol. The zero-order valence-electron chi connectivity index (χ0n) is 19.8. The third kappa shape index (κ3) is 7.65. The molecule has 0 radical (unpaired) electrons. The van der Waals surface area contributed by atoms with Crippen molar-refractivity contribution in [3.05, 3.63) is 62.1 Å². The standard InChI is InChI=1S/C26H30Cl4N4O2/c27-17-5-7-22(29)24(13-17)33-26(36)32-18-8-11-34(15-18)10-3-1-2-9-31-25(35)20-14-19(20)16-4-6-21(28)23(30)12-16/h4-7,12-13,18-20H,1-3,8-11,14-15H2,(H,31,35)(H2,32,33,36)/t18-,19-,20+/m0/s1. The summed E-state index contributed by atoms with van der Waals surface area (Å²) >= 11 is 24.2. The molecule has 1 heterocycles. The number of halogens is 4. The molecule has 194 valence electrons. The third-order valence-electron chi connectivity index (χ3n) is 6.73. The molecule has 0 bridgehead atoms. The zero-order chi connectivity index (χ0) is 25.7. The van der Waals surface area contributed by atoms with Crippen LogP contribution in [0.15, 0.2) is 36.4 Å². The summed E-state index contributed by atoms with van der Waals surface area (Å²) < 4.78 is 0. The summed E-state index contributed by atoms with van der Waals surface area (Å²) in [6, 6.07) is 10.4. The molecule has 2 aromatic rings. The minimum Gasteiger partial charge on any atom is -0.356 e. The van der Waals surface area contributed by atoms with Gasteiger partial charge >= 0.3 is 6.03 Å². The van der Waals surface area contributed by atoms with Gasteiger partial charge in [0.15, 0.2) is 0 Å². The molecule has 1 saturated carbocycles. The van der Waals surface area contributed by atoms with Gasteiger partial charge in [0.2, 0.25) is 5.91 Å². The van der Waals surface area contributed by atoms with Crippen LogP contribution in [0.2, 0.25) is 20.1 Å². The fourth-order valence-corrected chi connectivity index (χ4v) is 5.31. The molecule has 1 saturated heterocycles. The van der Waals surface area contributed by atoms with Gasteiger partial charge in [0.05, 0.1) is 20.8 Å². The van der Waals surface area contributed by atoms with Gasteiger partial charge < -0.3 is 20.9 Å². The maximum absolute atomic E-state index is 12.4. The summed E-state index contributed by atoms with van der Waals surface area (Å²) in [5.41, 5.74) is 1.57. The number of amides is 3. The van der Waals surface area contributed by atoms with Gasteiger partial charge in [-0.15, -0.1) is 0 Å². The first kappa shape index (κ1) is 27.3. The lowest BCUT2D eigenvalue weighted by atomic mass is 10.1. The molecule has 1 aliphatic carbocycles. The number of unbranched alkanes of at least 4 members (excludes halogenated alkanes) is 2. The molecule has 3 amide bonds. The van der Waals surface area contributed by atoms with Crippen LogP contribution < -0.4 is 16.0 Å². The van der Waals surface area contributed by atoms with E-state index in [4.69, 9.17) is 46.4 Å². The maximum atomic E-state index is 12.4. The predicted octanol–water partition coefficient (Wildman–Crippen LogP) is 6.59. The number of nitrogens with one attached hydrogen (secondary N) is 3. The van der Waals surface area contributed by atoms with Gasteiger partial charge in [0.25, 0.3) is 0 Å². The second-order valence-electron chi connectivity index (χ2n) is 9.48. The highest BCUT2D eigenvalue weighted by Gasteiger charge is 2.43. The van der Waals surface area contributed by atoms with Crippen molar-refractivity contribution in [3.8, 4) is 0 Å². The SMILES string of the molecule is O=C(Nc1cc(Cl)ccc1Cl)N[C@H]1CCN(CCCCCNC(=O)[C@@H]2C[C@H]2c2ccc(Cl)c(Cl)c2)C1. The highest BCUT2D eigenvalue weighted by molar-refractivity contribution is 6.42. The van der Waals surface area contributed by atoms with Crippen molar-refractivity contribution >= 4 is 64.0 Å². The molecule has 1 aliphatic heterocycles. The van der Waals surface area contributed by atoms with Crippen LogP contribution in [0.3, 0.4) is 0 Å². The topological polar surface area (TPSA) is 73.5 Å². The van der Waals surface area contributed by atoms with Crippen molar-refractivity contribution in [2.75, 3.05) is 31.5 Å². The van der Waals surface area contributed by atoms with Crippen molar-refractivity contribution < 1.29 is 9.59 Å². The van der Waals surface area contributed by atoms with Gasteiger partial charge in [0, 0.05) is 36.6 Å². The number of benzene rings is 2. The van der Waals surface area contributed by atoms with Gasteiger partial charge in [-0.25, -0.2) is 4.79 Å². The minimum atomic E-state index is -0.279. The van der Waals surface area contributed by atoms with Crippen molar-refractivity contribution in [2.24, 2.45) is 5.92 Å². The maximum Gasteiger partial charge on any atom is 0.319 e. The number of nitrogens with zero attached hydrogens (tertiary/aromatic N) is 1. The van der Waals surface area contributed by atoms with Crippen LogP contribution in [0.4, 0.5) is 10.5 Å². The van der Waals surface area contributed by atoms with Crippen molar-refractivity contribution in [1.29, 1.82) is 0 Å². The molecule has 2 aliphatic rings. The lowest BCUT2D eigenvalue weighted by Gasteiger charge is -2.17. The second-order valence-corrected chi connectivity index (χ2v) is 11.1. The quantitative estimate of drug-likeness (QED) is 0.282. The van der Waals surface area contributed by atoms with E-state index in [1.54, 1.807) is 24.3 Å². The molecular weight excluding hydrogens is 542 g/mol.